The van der Waals surface area contributed by atoms with E-state index in [-0.39, 0.29) is 23.6 Å². The molecule has 25 heavy (non-hydrogen) atoms. The van der Waals surface area contributed by atoms with Crippen molar-refractivity contribution < 1.29 is 9.32 Å². The Balaban J connectivity index is 1.63. The van der Waals surface area contributed by atoms with Crippen molar-refractivity contribution in [2.45, 2.75) is 38.6 Å². The predicted octanol–water partition coefficient (Wildman–Crippen LogP) is 2.34. The molecule has 1 aliphatic heterocycles. The second-order valence-corrected chi connectivity index (χ2v) is 6.64. The maximum atomic E-state index is 13.0. The molecule has 0 unspecified atom stereocenters. The van der Waals surface area contributed by atoms with Gasteiger partial charge in [-0.25, -0.2) is 4.79 Å². The molecule has 1 aromatic carbocycles. The van der Waals surface area contributed by atoms with Gasteiger partial charge in [0.15, 0.2) is 5.82 Å². The predicted molar refractivity (Wildman–Crippen MR) is 90.3 cm³/mol. The van der Waals surface area contributed by atoms with E-state index < -0.39 is 0 Å². The van der Waals surface area contributed by atoms with Gasteiger partial charge in [0.2, 0.25) is 5.89 Å². The Bertz CT molecular complexity index is 983. The third-order valence-electron chi connectivity index (χ3n) is 4.53. The summed E-state index contributed by atoms with van der Waals surface area (Å²) in [7, 11) is 0. The second kappa shape index (κ2) is 5.87. The molecule has 3 heterocycles. The van der Waals surface area contributed by atoms with E-state index in [2.05, 4.69) is 20.1 Å². The molecule has 0 radical (unpaired) electrons. The van der Waals surface area contributed by atoms with Gasteiger partial charge in [0.25, 0.3) is 5.91 Å². The minimum Gasteiger partial charge on any atom is -0.339 e. The number of aromatic nitrogens is 4. The summed E-state index contributed by atoms with van der Waals surface area (Å²) in [6.07, 6.45) is 1.71. The summed E-state index contributed by atoms with van der Waals surface area (Å²) < 4.78 is 5.29. The third-order valence-corrected chi connectivity index (χ3v) is 4.53. The Morgan fingerprint density at radius 3 is 2.88 bits per heavy atom. The first-order valence-electron chi connectivity index (χ1n) is 8.39. The highest BCUT2D eigenvalue weighted by molar-refractivity contribution is 5.97. The Kier molecular flexibility index (Phi) is 3.67. The van der Waals surface area contributed by atoms with Crippen LogP contribution < -0.4 is 5.69 Å². The molecule has 0 saturated carbocycles. The van der Waals surface area contributed by atoms with E-state index in [1.54, 1.807) is 23.1 Å². The van der Waals surface area contributed by atoms with E-state index >= 15 is 0 Å². The summed E-state index contributed by atoms with van der Waals surface area (Å²) in [6, 6.07) is 4.97. The average Bonchev–Trinajstić information content (AvgIpc) is 3.30. The van der Waals surface area contributed by atoms with Crippen molar-refractivity contribution in [1.82, 2.24) is 25.0 Å². The molecule has 8 nitrogen and oxygen atoms in total. The number of H-pyrrole nitrogens is 2. The molecule has 3 aromatic rings. The van der Waals surface area contributed by atoms with Gasteiger partial charge in [-0.3, -0.25) is 4.79 Å². The van der Waals surface area contributed by atoms with Crippen LogP contribution in [0.2, 0.25) is 0 Å². The van der Waals surface area contributed by atoms with Gasteiger partial charge >= 0.3 is 5.69 Å². The molecular weight excluding hydrogens is 322 g/mol. The highest BCUT2D eigenvalue weighted by atomic mass is 16.5. The lowest BCUT2D eigenvalue weighted by molar-refractivity contribution is 0.0728. The Hall–Kier alpha value is -2.90. The van der Waals surface area contributed by atoms with Gasteiger partial charge in [-0.2, -0.15) is 4.98 Å². The van der Waals surface area contributed by atoms with Crippen LogP contribution in [0.3, 0.4) is 0 Å². The van der Waals surface area contributed by atoms with Crippen molar-refractivity contribution in [2.75, 3.05) is 6.54 Å². The molecule has 1 saturated heterocycles. The second-order valence-electron chi connectivity index (χ2n) is 6.64. The standard InChI is InChI=1S/C17H19N5O3/c1-9(2)15-20-14(21-25-15)13-4-3-7-22(13)16(23)10-5-6-11-12(8-10)19-17(24)18-11/h5-6,8-9,13H,3-4,7H2,1-2H3,(H2,18,19,24)/t13-/m1/s1. The molecule has 1 atom stereocenters. The lowest BCUT2D eigenvalue weighted by Gasteiger charge is -2.22. The molecule has 0 spiro atoms. The van der Waals surface area contributed by atoms with Gasteiger partial charge in [-0.15, -0.1) is 0 Å². The van der Waals surface area contributed by atoms with E-state index in [0.29, 0.717) is 34.9 Å². The number of carbonyl (C=O) groups is 1. The van der Waals surface area contributed by atoms with Gasteiger partial charge in [0.1, 0.15) is 0 Å². The monoisotopic (exact) mass is 341 g/mol. The number of hydrogen-bond donors (Lipinski definition) is 2. The van der Waals surface area contributed by atoms with Crippen LogP contribution in [0.4, 0.5) is 0 Å². The van der Waals surface area contributed by atoms with Crippen LogP contribution in [-0.2, 0) is 0 Å². The average molecular weight is 341 g/mol. The zero-order chi connectivity index (χ0) is 17.6. The summed E-state index contributed by atoms with van der Waals surface area (Å²) in [5.74, 6) is 1.20. The number of nitrogens with one attached hydrogen (secondary N) is 2. The highest BCUT2D eigenvalue weighted by Crippen LogP contribution is 2.32. The van der Waals surface area contributed by atoms with Gasteiger partial charge in [-0.1, -0.05) is 19.0 Å². The molecule has 1 amide bonds. The number of benzene rings is 1. The molecule has 1 fully saturated rings. The molecule has 2 N–H and O–H groups in total. The van der Waals surface area contributed by atoms with Crippen LogP contribution >= 0.6 is 0 Å². The van der Waals surface area contributed by atoms with Gasteiger partial charge in [-0.05, 0) is 31.0 Å². The molecule has 4 rings (SSSR count). The van der Waals surface area contributed by atoms with Crippen LogP contribution in [0.15, 0.2) is 27.5 Å². The molecule has 0 bridgehead atoms. The molecule has 0 aliphatic carbocycles. The third kappa shape index (κ3) is 2.73. The lowest BCUT2D eigenvalue weighted by atomic mass is 10.1. The van der Waals surface area contributed by atoms with E-state index in [1.165, 1.54) is 0 Å². The summed E-state index contributed by atoms with van der Waals surface area (Å²) >= 11 is 0. The minimum absolute atomic E-state index is 0.0951. The number of aromatic amines is 2. The maximum Gasteiger partial charge on any atom is 0.323 e. The van der Waals surface area contributed by atoms with Gasteiger partial charge in [0.05, 0.1) is 17.1 Å². The van der Waals surface area contributed by atoms with Crippen molar-refractivity contribution in [1.29, 1.82) is 0 Å². The van der Waals surface area contributed by atoms with Crippen LogP contribution in [0.5, 0.6) is 0 Å². The molecule has 8 heteroatoms. The lowest BCUT2D eigenvalue weighted by Crippen LogP contribution is -2.31. The molecule has 2 aromatic heterocycles. The van der Waals surface area contributed by atoms with Crippen molar-refractivity contribution in [2.24, 2.45) is 0 Å². The highest BCUT2D eigenvalue weighted by Gasteiger charge is 2.34. The van der Waals surface area contributed by atoms with E-state index in [9.17, 15) is 9.59 Å². The number of carbonyl (C=O) groups excluding carboxylic acids is 1. The normalized spacial score (nSPS) is 17.7. The number of rotatable bonds is 3. The summed E-state index contributed by atoms with van der Waals surface area (Å²) in [5.41, 5.74) is 1.54. The fourth-order valence-corrected chi connectivity index (χ4v) is 3.23. The van der Waals surface area contributed by atoms with Crippen LogP contribution in [0.1, 0.15) is 60.7 Å². The minimum atomic E-state index is -0.286. The SMILES string of the molecule is CC(C)c1nc([C@H]2CCCN2C(=O)c2ccc3[nH]c(=O)[nH]c3c2)no1. The van der Waals surface area contributed by atoms with E-state index in [1.807, 2.05) is 13.8 Å². The van der Waals surface area contributed by atoms with Crippen molar-refractivity contribution >= 4 is 16.9 Å². The first-order valence-corrected chi connectivity index (χ1v) is 8.39. The van der Waals surface area contributed by atoms with Gasteiger partial charge in [0, 0.05) is 18.0 Å². The summed E-state index contributed by atoms with van der Waals surface area (Å²) in [6.45, 7) is 4.63. The largest absolute Gasteiger partial charge is 0.339 e. The fraction of sp³-hybridized carbons (Fsp3) is 0.412. The Morgan fingerprint density at radius 2 is 2.12 bits per heavy atom. The smallest absolute Gasteiger partial charge is 0.323 e. The summed E-state index contributed by atoms with van der Waals surface area (Å²) in [5, 5.41) is 4.07. The first kappa shape index (κ1) is 15.6. The zero-order valence-electron chi connectivity index (χ0n) is 14.1. The fourth-order valence-electron chi connectivity index (χ4n) is 3.23. The Morgan fingerprint density at radius 1 is 1.32 bits per heavy atom. The van der Waals surface area contributed by atoms with Crippen molar-refractivity contribution in [3.8, 4) is 0 Å². The van der Waals surface area contributed by atoms with Crippen LogP contribution in [-0.4, -0.2) is 37.5 Å². The number of imidazole rings is 1. The number of likely N-dealkylation sites (tertiary alicyclic amines) is 1. The van der Waals surface area contributed by atoms with Crippen molar-refractivity contribution in [3.05, 3.63) is 46.0 Å². The van der Waals surface area contributed by atoms with E-state index in [4.69, 9.17) is 4.52 Å². The maximum absolute atomic E-state index is 13.0. The topological polar surface area (TPSA) is 108 Å². The molecule has 130 valence electrons. The zero-order valence-corrected chi connectivity index (χ0v) is 14.1. The number of nitrogens with zero attached hydrogens (tertiary/aromatic N) is 3. The quantitative estimate of drug-likeness (QED) is 0.760. The molecule has 1 aliphatic rings. The number of fused-ring (bicyclic) bond motifs is 1. The number of amides is 1. The van der Waals surface area contributed by atoms with Crippen LogP contribution in [0.25, 0.3) is 11.0 Å². The van der Waals surface area contributed by atoms with Gasteiger partial charge < -0.3 is 19.4 Å². The number of hydrogen-bond acceptors (Lipinski definition) is 5. The van der Waals surface area contributed by atoms with Crippen LogP contribution in [0, 0.1) is 0 Å². The first-order chi connectivity index (χ1) is 12.0. The van der Waals surface area contributed by atoms with E-state index in [0.717, 1.165) is 12.8 Å². The summed E-state index contributed by atoms with van der Waals surface area (Å²) in [4.78, 5) is 35.9. The molecular formula is C17H19N5O3. The Labute approximate surface area is 143 Å². The van der Waals surface area contributed by atoms with Crippen molar-refractivity contribution in [3.63, 3.8) is 0 Å².